The number of hydrogen-bond acceptors (Lipinski definition) is 2. The van der Waals surface area contributed by atoms with Crippen molar-refractivity contribution in [3.8, 4) is 11.3 Å². The molecule has 0 radical (unpaired) electrons. The van der Waals surface area contributed by atoms with Gasteiger partial charge in [-0.15, -0.1) is 0 Å². The molecule has 3 nitrogen and oxygen atoms in total. The van der Waals surface area contributed by atoms with E-state index in [2.05, 4.69) is 45.1 Å². The summed E-state index contributed by atoms with van der Waals surface area (Å²) in [6.07, 6.45) is 2.48. The lowest BCUT2D eigenvalue weighted by atomic mass is 10.1. The van der Waals surface area contributed by atoms with Crippen molar-refractivity contribution in [3.63, 3.8) is 0 Å². The van der Waals surface area contributed by atoms with Gasteiger partial charge in [0.1, 0.15) is 11.6 Å². The van der Waals surface area contributed by atoms with Gasteiger partial charge in [0.2, 0.25) is 0 Å². The normalized spacial score (nSPS) is 11.2. The Kier molecular flexibility index (Phi) is 4.71. The third-order valence-electron chi connectivity index (χ3n) is 2.76. The van der Waals surface area contributed by atoms with Gasteiger partial charge in [-0.3, -0.25) is 0 Å². The summed E-state index contributed by atoms with van der Waals surface area (Å²) in [6.45, 7) is 5.06. The number of H-pyrrole nitrogens is 1. The zero-order chi connectivity index (χ0) is 13.8. The summed E-state index contributed by atoms with van der Waals surface area (Å²) in [5.41, 5.74) is 1.24. The first-order valence-corrected chi connectivity index (χ1v) is 7.08. The van der Waals surface area contributed by atoms with Crippen molar-refractivity contribution in [2.45, 2.75) is 26.3 Å². The predicted molar refractivity (Wildman–Crippen MR) is 78.5 cm³/mol. The molecule has 1 aromatic carbocycles. The highest BCUT2D eigenvalue weighted by molar-refractivity contribution is 9.10. The van der Waals surface area contributed by atoms with E-state index < -0.39 is 0 Å². The van der Waals surface area contributed by atoms with Crippen LogP contribution in [0, 0.1) is 5.82 Å². The summed E-state index contributed by atoms with van der Waals surface area (Å²) in [6, 6.07) is 5.33. The standard InChI is InChI=1S/C14H17BrFN3/c1-9(2)17-6-5-14-18-8-13(19-14)11-7-10(15)3-4-12(11)16/h3-4,7-9,17H,5-6H2,1-2H3,(H,18,19). The van der Waals surface area contributed by atoms with Crippen molar-refractivity contribution in [2.24, 2.45) is 0 Å². The van der Waals surface area contributed by atoms with Gasteiger partial charge in [-0.05, 0) is 18.2 Å². The summed E-state index contributed by atoms with van der Waals surface area (Å²) in [5, 5.41) is 3.32. The molecule has 0 unspecified atom stereocenters. The van der Waals surface area contributed by atoms with Gasteiger partial charge in [0, 0.05) is 29.0 Å². The van der Waals surface area contributed by atoms with Gasteiger partial charge >= 0.3 is 0 Å². The Morgan fingerprint density at radius 2 is 2.21 bits per heavy atom. The van der Waals surface area contributed by atoms with E-state index >= 15 is 0 Å². The van der Waals surface area contributed by atoms with Crippen LogP contribution in [0.15, 0.2) is 28.9 Å². The summed E-state index contributed by atoms with van der Waals surface area (Å²) in [7, 11) is 0. The minimum atomic E-state index is -0.251. The van der Waals surface area contributed by atoms with E-state index in [1.807, 2.05) is 0 Å². The fourth-order valence-corrected chi connectivity index (χ4v) is 2.17. The number of hydrogen-bond donors (Lipinski definition) is 2. The van der Waals surface area contributed by atoms with E-state index in [1.165, 1.54) is 6.07 Å². The van der Waals surface area contributed by atoms with Crippen LogP contribution in [0.2, 0.25) is 0 Å². The number of benzene rings is 1. The lowest BCUT2D eigenvalue weighted by molar-refractivity contribution is 0.584. The second kappa shape index (κ2) is 6.30. The zero-order valence-corrected chi connectivity index (χ0v) is 12.6. The van der Waals surface area contributed by atoms with E-state index in [0.29, 0.717) is 17.3 Å². The van der Waals surface area contributed by atoms with Crippen molar-refractivity contribution < 1.29 is 4.39 Å². The molecule has 0 saturated carbocycles. The van der Waals surface area contributed by atoms with Gasteiger partial charge in [0.15, 0.2) is 0 Å². The molecule has 0 aliphatic heterocycles. The molecule has 2 N–H and O–H groups in total. The maximum atomic E-state index is 13.7. The molecule has 0 saturated heterocycles. The van der Waals surface area contributed by atoms with Crippen LogP contribution in [0.25, 0.3) is 11.3 Å². The van der Waals surface area contributed by atoms with Crippen LogP contribution in [0.5, 0.6) is 0 Å². The van der Waals surface area contributed by atoms with Gasteiger partial charge in [-0.25, -0.2) is 9.37 Å². The monoisotopic (exact) mass is 325 g/mol. The minimum Gasteiger partial charge on any atom is -0.342 e. The van der Waals surface area contributed by atoms with Crippen molar-refractivity contribution in [2.75, 3.05) is 6.54 Å². The molecular formula is C14H17BrFN3. The fourth-order valence-electron chi connectivity index (χ4n) is 1.81. The average molecular weight is 326 g/mol. The SMILES string of the molecule is CC(C)NCCc1ncc(-c2cc(Br)ccc2F)[nH]1. The molecule has 19 heavy (non-hydrogen) atoms. The molecule has 102 valence electrons. The second-order valence-electron chi connectivity index (χ2n) is 4.73. The minimum absolute atomic E-state index is 0.251. The highest BCUT2D eigenvalue weighted by Gasteiger charge is 2.09. The molecule has 0 fully saturated rings. The largest absolute Gasteiger partial charge is 0.342 e. The summed E-state index contributed by atoms with van der Waals surface area (Å²) >= 11 is 3.35. The van der Waals surface area contributed by atoms with Crippen molar-refractivity contribution >= 4 is 15.9 Å². The lowest BCUT2D eigenvalue weighted by Gasteiger charge is -2.05. The molecule has 2 rings (SSSR count). The van der Waals surface area contributed by atoms with Gasteiger partial charge in [0.25, 0.3) is 0 Å². The summed E-state index contributed by atoms with van der Waals surface area (Å²) in [5.74, 6) is 0.612. The number of halogens is 2. The molecule has 0 bridgehead atoms. The number of nitrogens with zero attached hydrogens (tertiary/aromatic N) is 1. The highest BCUT2D eigenvalue weighted by atomic mass is 79.9. The maximum Gasteiger partial charge on any atom is 0.132 e. The molecule has 0 amide bonds. The highest BCUT2D eigenvalue weighted by Crippen LogP contribution is 2.24. The molecule has 1 heterocycles. The van der Waals surface area contributed by atoms with E-state index in [0.717, 1.165) is 23.3 Å². The Hall–Kier alpha value is -1.20. The molecular weight excluding hydrogens is 309 g/mol. The lowest BCUT2D eigenvalue weighted by Crippen LogP contribution is -2.25. The molecule has 0 aliphatic carbocycles. The van der Waals surface area contributed by atoms with Gasteiger partial charge in [-0.1, -0.05) is 29.8 Å². The molecule has 0 aliphatic rings. The van der Waals surface area contributed by atoms with E-state index in [4.69, 9.17) is 0 Å². The van der Waals surface area contributed by atoms with E-state index in [-0.39, 0.29) is 5.82 Å². The van der Waals surface area contributed by atoms with Crippen molar-refractivity contribution in [3.05, 3.63) is 40.5 Å². The number of aromatic nitrogens is 2. The molecule has 5 heteroatoms. The Bertz CT molecular complexity index is 551. The zero-order valence-electron chi connectivity index (χ0n) is 11.0. The van der Waals surface area contributed by atoms with E-state index in [1.54, 1.807) is 18.3 Å². The van der Waals surface area contributed by atoms with Gasteiger partial charge in [0.05, 0.1) is 11.9 Å². The van der Waals surface area contributed by atoms with Crippen LogP contribution in [0.4, 0.5) is 4.39 Å². The van der Waals surface area contributed by atoms with E-state index in [9.17, 15) is 4.39 Å². The van der Waals surface area contributed by atoms with Crippen LogP contribution in [0.3, 0.4) is 0 Å². The number of aromatic amines is 1. The fraction of sp³-hybridized carbons (Fsp3) is 0.357. The number of imidazole rings is 1. The van der Waals surface area contributed by atoms with Gasteiger partial charge in [-0.2, -0.15) is 0 Å². The van der Waals surface area contributed by atoms with Crippen LogP contribution in [0.1, 0.15) is 19.7 Å². The third-order valence-corrected chi connectivity index (χ3v) is 3.25. The first-order valence-electron chi connectivity index (χ1n) is 6.29. The predicted octanol–water partition coefficient (Wildman–Crippen LogP) is 3.52. The summed E-state index contributed by atoms with van der Waals surface area (Å²) < 4.78 is 14.6. The second-order valence-corrected chi connectivity index (χ2v) is 5.64. The van der Waals surface area contributed by atoms with Crippen LogP contribution >= 0.6 is 15.9 Å². The first-order chi connectivity index (χ1) is 9.06. The van der Waals surface area contributed by atoms with Crippen molar-refractivity contribution in [1.29, 1.82) is 0 Å². The quantitative estimate of drug-likeness (QED) is 0.883. The molecule has 2 aromatic rings. The topological polar surface area (TPSA) is 40.7 Å². The van der Waals surface area contributed by atoms with Crippen LogP contribution in [-0.4, -0.2) is 22.6 Å². The van der Waals surface area contributed by atoms with Crippen LogP contribution < -0.4 is 5.32 Å². The average Bonchev–Trinajstić information content (AvgIpc) is 2.80. The smallest absolute Gasteiger partial charge is 0.132 e. The maximum absolute atomic E-state index is 13.7. The molecule has 0 atom stereocenters. The van der Waals surface area contributed by atoms with Crippen molar-refractivity contribution in [1.82, 2.24) is 15.3 Å². The molecule has 1 aromatic heterocycles. The molecule has 0 spiro atoms. The number of rotatable bonds is 5. The Morgan fingerprint density at radius 3 is 2.95 bits per heavy atom. The Labute approximate surface area is 120 Å². The Morgan fingerprint density at radius 1 is 1.42 bits per heavy atom. The third kappa shape index (κ3) is 3.88. The summed E-state index contributed by atoms with van der Waals surface area (Å²) in [4.78, 5) is 7.44. The number of nitrogens with one attached hydrogen (secondary N) is 2. The first kappa shape index (κ1) is 14.2. The van der Waals surface area contributed by atoms with Crippen LogP contribution in [-0.2, 0) is 6.42 Å². The Balaban J connectivity index is 2.10. The van der Waals surface area contributed by atoms with Gasteiger partial charge < -0.3 is 10.3 Å².